The normalized spacial score (nSPS) is 16.0. The number of benzene rings is 2. The lowest BCUT2D eigenvalue weighted by Gasteiger charge is -2.24. The van der Waals surface area contributed by atoms with Gasteiger partial charge in [-0.15, -0.1) is 0 Å². The molecule has 7 nitrogen and oxygen atoms in total. The SMILES string of the molecule is O=[N+]([O-])c1ccc(C2C=C(c3ccccc3)Nc3ncnn32)cc1. The molecule has 0 aliphatic carbocycles. The molecule has 1 aromatic heterocycles. The Morgan fingerprint density at radius 3 is 2.54 bits per heavy atom. The fraction of sp³-hybridized carbons (Fsp3) is 0.0588. The second-order valence-electron chi connectivity index (χ2n) is 5.39. The van der Waals surface area contributed by atoms with E-state index in [2.05, 4.69) is 15.4 Å². The van der Waals surface area contributed by atoms with Crippen LogP contribution in [0.15, 0.2) is 67.0 Å². The Balaban J connectivity index is 1.78. The largest absolute Gasteiger partial charge is 0.324 e. The summed E-state index contributed by atoms with van der Waals surface area (Å²) in [6.45, 7) is 0. The minimum atomic E-state index is -0.404. The van der Waals surface area contributed by atoms with Crippen molar-refractivity contribution in [1.29, 1.82) is 0 Å². The van der Waals surface area contributed by atoms with Crippen molar-refractivity contribution < 1.29 is 4.92 Å². The predicted octanol–water partition coefficient (Wildman–Crippen LogP) is 3.24. The van der Waals surface area contributed by atoms with Gasteiger partial charge in [0.15, 0.2) is 0 Å². The molecule has 1 aliphatic rings. The molecule has 0 bridgehead atoms. The molecule has 118 valence electrons. The summed E-state index contributed by atoms with van der Waals surface area (Å²) in [6.07, 6.45) is 3.53. The van der Waals surface area contributed by atoms with Crippen LogP contribution in [0.25, 0.3) is 5.70 Å². The summed E-state index contributed by atoms with van der Waals surface area (Å²) in [4.78, 5) is 14.7. The zero-order valence-electron chi connectivity index (χ0n) is 12.5. The van der Waals surface area contributed by atoms with Crippen LogP contribution >= 0.6 is 0 Å². The quantitative estimate of drug-likeness (QED) is 0.591. The van der Waals surface area contributed by atoms with Gasteiger partial charge in [-0.1, -0.05) is 30.3 Å². The van der Waals surface area contributed by atoms with E-state index in [1.165, 1.54) is 18.5 Å². The van der Waals surface area contributed by atoms with E-state index in [0.717, 1.165) is 16.8 Å². The molecule has 0 saturated heterocycles. The highest BCUT2D eigenvalue weighted by Gasteiger charge is 2.23. The number of fused-ring (bicyclic) bond motifs is 1. The van der Waals surface area contributed by atoms with Crippen molar-refractivity contribution in [2.24, 2.45) is 0 Å². The minimum absolute atomic E-state index is 0.0683. The highest BCUT2D eigenvalue weighted by molar-refractivity contribution is 5.77. The summed E-state index contributed by atoms with van der Waals surface area (Å²) in [5.41, 5.74) is 2.94. The van der Waals surface area contributed by atoms with Crippen molar-refractivity contribution in [3.05, 3.63) is 88.2 Å². The van der Waals surface area contributed by atoms with Crippen molar-refractivity contribution in [3.8, 4) is 0 Å². The molecule has 24 heavy (non-hydrogen) atoms. The molecule has 3 aromatic rings. The van der Waals surface area contributed by atoms with Crippen molar-refractivity contribution in [1.82, 2.24) is 14.8 Å². The number of nitro groups is 1. The topological polar surface area (TPSA) is 85.9 Å². The van der Waals surface area contributed by atoms with E-state index >= 15 is 0 Å². The molecule has 2 aromatic carbocycles. The second kappa shape index (κ2) is 5.62. The van der Waals surface area contributed by atoms with Gasteiger partial charge in [-0.05, 0) is 29.3 Å². The average Bonchev–Trinajstić information content (AvgIpc) is 3.10. The van der Waals surface area contributed by atoms with Gasteiger partial charge in [0.1, 0.15) is 12.4 Å². The monoisotopic (exact) mass is 319 g/mol. The summed E-state index contributed by atoms with van der Waals surface area (Å²) in [6, 6.07) is 16.3. The van der Waals surface area contributed by atoms with Crippen LogP contribution in [0.4, 0.5) is 11.6 Å². The zero-order valence-corrected chi connectivity index (χ0v) is 12.5. The molecular formula is C17H13N5O2. The summed E-state index contributed by atoms with van der Waals surface area (Å²) >= 11 is 0. The maximum atomic E-state index is 10.8. The first kappa shape index (κ1) is 14.1. The Kier molecular flexibility index (Phi) is 3.31. The lowest BCUT2D eigenvalue weighted by molar-refractivity contribution is -0.384. The van der Waals surface area contributed by atoms with Gasteiger partial charge in [-0.2, -0.15) is 10.1 Å². The fourth-order valence-electron chi connectivity index (χ4n) is 2.75. The van der Waals surface area contributed by atoms with E-state index in [1.807, 2.05) is 36.4 Å². The molecule has 1 N–H and O–H groups in total. The maximum absolute atomic E-state index is 10.8. The third kappa shape index (κ3) is 2.41. The van der Waals surface area contributed by atoms with Gasteiger partial charge >= 0.3 is 0 Å². The minimum Gasteiger partial charge on any atom is -0.324 e. The third-order valence-corrected chi connectivity index (χ3v) is 3.94. The number of hydrogen-bond acceptors (Lipinski definition) is 5. The molecule has 0 radical (unpaired) electrons. The van der Waals surface area contributed by atoms with E-state index in [1.54, 1.807) is 16.8 Å². The number of nitrogens with one attached hydrogen (secondary N) is 1. The molecule has 1 atom stereocenters. The summed E-state index contributed by atoms with van der Waals surface area (Å²) in [5.74, 6) is 0.639. The van der Waals surface area contributed by atoms with E-state index in [0.29, 0.717) is 5.95 Å². The Labute approximate surface area is 137 Å². The number of non-ortho nitro benzene ring substituents is 1. The molecular weight excluding hydrogens is 306 g/mol. The van der Waals surface area contributed by atoms with Crippen molar-refractivity contribution in [2.75, 3.05) is 5.32 Å². The van der Waals surface area contributed by atoms with Crippen LogP contribution in [-0.2, 0) is 0 Å². The summed E-state index contributed by atoms with van der Waals surface area (Å²) in [7, 11) is 0. The number of nitro benzene ring substituents is 1. The maximum Gasteiger partial charge on any atom is 0.269 e. The van der Waals surface area contributed by atoms with E-state index < -0.39 is 4.92 Å². The van der Waals surface area contributed by atoms with E-state index in [4.69, 9.17) is 0 Å². The van der Waals surface area contributed by atoms with Crippen molar-refractivity contribution in [3.63, 3.8) is 0 Å². The molecule has 0 saturated carbocycles. The number of anilines is 1. The number of rotatable bonds is 3. The zero-order chi connectivity index (χ0) is 16.5. The van der Waals surface area contributed by atoms with Gasteiger partial charge in [-0.3, -0.25) is 10.1 Å². The first-order valence-corrected chi connectivity index (χ1v) is 7.40. The molecule has 1 unspecified atom stereocenters. The van der Waals surface area contributed by atoms with Crippen LogP contribution in [0.2, 0.25) is 0 Å². The number of allylic oxidation sites excluding steroid dienone is 1. The predicted molar refractivity (Wildman–Crippen MR) is 89.3 cm³/mol. The molecule has 2 heterocycles. The first-order valence-electron chi connectivity index (χ1n) is 7.40. The van der Waals surface area contributed by atoms with Gasteiger partial charge < -0.3 is 5.32 Å². The van der Waals surface area contributed by atoms with Crippen LogP contribution in [0.1, 0.15) is 17.2 Å². The van der Waals surface area contributed by atoms with Gasteiger partial charge in [0, 0.05) is 17.8 Å². The van der Waals surface area contributed by atoms with E-state index in [-0.39, 0.29) is 11.7 Å². The number of hydrogen-bond donors (Lipinski definition) is 1. The van der Waals surface area contributed by atoms with Gasteiger partial charge in [-0.25, -0.2) is 4.68 Å². The van der Waals surface area contributed by atoms with Crippen LogP contribution in [0, 0.1) is 10.1 Å². The highest BCUT2D eigenvalue weighted by Crippen LogP contribution is 2.32. The first-order chi connectivity index (χ1) is 11.7. The lowest BCUT2D eigenvalue weighted by atomic mass is 10.0. The van der Waals surface area contributed by atoms with Gasteiger partial charge in [0.2, 0.25) is 5.95 Å². The average molecular weight is 319 g/mol. The van der Waals surface area contributed by atoms with Crippen LogP contribution in [0.3, 0.4) is 0 Å². The van der Waals surface area contributed by atoms with Crippen LogP contribution in [-0.4, -0.2) is 19.7 Å². The molecule has 1 aliphatic heterocycles. The highest BCUT2D eigenvalue weighted by atomic mass is 16.6. The molecule has 4 rings (SSSR count). The Hall–Kier alpha value is -3.48. The summed E-state index contributed by atoms with van der Waals surface area (Å²) < 4.78 is 1.76. The summed E-state index contributed by atoms with van der Waals surface area (Å²) in [5, 5.41) is 18.4. The number of aromatic nitrogens is 3. The molecule has 0 spiro atoms. The van der Waals surface area contributed by atoms with Crippen LogP contribution < -0.4 is 5.32 Å². The Morgan fingerprint density at radius 1 is 1.08 bits per heavy atom. The standard InChI is InChI=1S/C17H13N5O2/c23-22(24)14-8-6-13(7-9-14)16-10-15(12-4-2-1-3-5-12)20-17-18-11-19-21(16)17/h1-11,16H,(H,18,19,20). The molecule has 0 amide bonds. The number of nitrogens with zero attached hydrogens (tertiary/aromatic N) is 4. The van der Waals surface area contributed by atoms with E-state index in [9.17, 15) is 10.1 Å². The second-order valence-corrected chi connectivity index (χ2v) is 5.39. The van der Waals surface area contributed by atoms with Crippen LogP contribution in [0.5, 0.6) is 0 Å². The Bertz CT molecular complexity index is 916. The Morgan fingerprint density at radius 2 is 1.83 bits per heavy atom. The third-order valence-electron chi connectivity index (χ3n) is 3.94. The smallest absolute Gasteiger partial charge is 0.269 e. The van der Waals surface area contributed by atoms with Crippen molar-refractivity contribution in [2.45, 2.75) is 6.04 Å². The van der Waals surface area contributed by atoms with Crippen molar-refractivity contribution >= 4 is 17.3 Å². The molecule has 0 fully saturated rings. The fourth-order valence-corrected chi connectivity index (χ4v) is 2.75. The molecule has 7 heteroatoms. The van der Waals surface area contributed by atoms with Gasteiger partial charge in [0.25, 0.3) is 5.69 Å². The lowest BCUT2D eigenvalue weighted by Crippen LogP contribution is -2.20. The van der Waals surface area contributed by atoms with Gasteiger partial charge in [0.05, 0.1) is 4.92 Å².